The fourth-order valence-corrected chi connectivity index (χ4v) is 4.04. The normalized spacial score (nSPS) is 11.2. The van der Waals surface area contributed by atoms with Crippen molar-refractivity contribution in [2.24, 2.45) is 10.2 Å². The van der Waals surface area contributed by atoms with Crippen LogP contribution in [0, 0.1) is 5.82 Å². The van der Waals surface area contributed by atoms with E-state index in [2.05, 4.69) is 15.2 Å². The van der Waals surface area contributed by atoms with Crippen LogP contribution >= 0.6 is 11.3 Å². The lowest BCUT2D eigenvalue weighted by molar-refractivity contribution is 0.0526. The molecule has 0 bridgehead atoms. The second kappa shape index (κ2) is 9.23. The van der Waals surface area contributed by atoms with Gasteiger partial charge in [0.1, 0.15) is 10.7 Å². The third-order valence-electron chi connectivity index (χ3n) is 4.73. The number of thiazole rings is 1. The summed E-state index contributed by atoms with van der Waals surface area (Å²) >= 11 is 1.38. The number of fused-ring (bicyclic) bond motifs is 1. The SMILES string of the molecule is CCOC(=O)c1ccc2nc(-c3ccc(N=Nc4ccc(N(C)C)cc4)c(F)c3)sc2c1. The molecule has 8 heteroatoms. The van der Waals surface area contributed by atoms with Gasteiger partial charge in [-0.3, -0.25) is 0 Å². The lowest BCUT2D eigenvalue weighted by Crippen LogP contribution is -2.07. The summed E-state index contributed by atoms with van der Waals surface area (Å²) in [6.45, 7) is 2.08. The topological polar surface area (TPSA) is 67.1 Å². The first-order valence-corrected chi connectivity index (χ1v) is 10.8. The van der Waals surface area contributed by atoms with Crippen LogP contribution in [0.5, 0.6) is 0 Å². The van der Waals surface area contributed by atoms with Crippen molar-refractivity contribution in [1.29, 1.82) is 0 Å². The molecule has 4 rings (SSSR count). The monoisotopic (exact) mass is 448 g/mol. The largest absolute Gasteiger partial charge is 0.462 e. The molecule has 1 aromatic heterocycles. The number of esters is 1. The highest BCUT2D eigenvalue weighted by atomic mass is 32.1. The molecule has 32 heavy (non-hydrogen) atoms. The van der Waals surface area contributed by atoms with Crippen LogP contribution in [0.25, 0.3) is 20.8 Å². The summed E-state index contributed by atoms with van der Waals surface area (Å²) in [6, 6.07) is 17.4. The molecular formula is C24H21FN4O2S. The van der Waals surface area contributed by atoms with Gasteiger partial charge in [-0.2, -0.15) is 5.11 Å². The molecule has 0 radical (unpaired) electrons. The Morgan fingerprint density at radius 3 is 2.53 bits per heavy atom. The number of hydrogen-bond donors (Lipinski definition) is 0. The van der Waals surface area contributed by atoms with Crippen molar-refractivity contribution in [3.05, 3.63) is 72.0 Å². The molecule has 0 amide bonds. The summed E-state index contributed by atoms with van der Waals surface area (Å²) in [6.07, 6.45) is 0. The molecule has 0 unspecified atom stereocenters. The van der Waals surface area contributed by atoms with Crippen molar-refractivity contribution in [2.45, 2.75) is 6.92 Å². The maximum Gasteiger partial charge on any atom is 0.338 e. The average Bonchev–Trinajstić information content (AvgIpc) is 3.22. The summed E-state index contributed by atoms with van der Waals surface area (Å²) in [5.74, 6) is -0.857. The summed E-state index contributed by atoms with van der Waals surface area (Å²) in [5.41, 5.74) is 3.68. The Morgan fingerprint density at radius 1 is 1.06 bits per heavy atom. The van der Waals surface area contributed by atoms with Gasteiger partial charge in [0.05, 0.1) is 28.1 Å². The number of carbonyl (C=O) groups excluding carboxylic acids is 1. The lowest BCUT2D eigenvalue weighted by atomic mass is 10.2. The fraction of sp³-hybridized carbons (Fsp3) is 0.167. The summed E-state index contributed by atoms with van der Waals surface area (Å²) in [7, 11) is 3.91. The molecule has 0 N–H and O–H groups in total. The second-order valence-corrected chi connectivity index (χ2v) is 8.23. The highest BCUT2D eigenvalue weighted by molar-refractivity contribution is 7.21. The highest BCUT2D eigenvalue weighted by Crippen LogP contribution is 2.33. The zero-order valence-electron chi connectivity index (χ0n) is 17.9. The van der Waals surface area contributed by atoms with Crippen LogP contribution in [0.4, 0.5) is 21.5 Å². The number of anilines is 1. The first kappa shape index (κ1) is 21.6. The van der Waals surface area contributed by atoms with Crippen LogP contribution in [-0.4, -0.2) is 31.7 Å². The van der Waals surface area contributed by atoms with Crippen LogP contribution in [-0.2, 0) is 4.74 Å². The number of halogens is 1. The molecule has 3 aromatic carbocycles. The number of azo groups is 1. The van der Waals surface area contributed by atoms with Gasteiger partial charge in [0.2, 0.25) is 0 Å². The predicted octanol–water partition coefficient (Wildman–Crippen LogP) is 6.76. The third kappa shape index (κ3) is 4.65. The number of ether oxygens (including phenoxy) is 1. The Morgan fingerprint density at radius 2 is 1.84 bits per heavy atom. The molecule has 0 atom stereocenters. The molecule has 0 spiro atoms. The van der Waals surface area contributed by atoms with Gasteiger partial charge in [0.25, 0.3) is 0 Å². The molecule has 0 fully saturated rings. The van der Waals surface area contributed by atoms with Crippen LogP contribution in [0.3, 0.4) is 0 Å². The van der Waals surface area contributed by atoms with E-state index in [1.165, 1.54) is 17.4 Å². The van der Waals surface area contributed by atoms with Crippen molar-refractivity contribution in [3.8, 4) is 10.6 Å². The molecule has 0 aliphatic carbocycles. The quantitative estimate of drug-likeness (QED) is 0.241. The molecule has 0 aliphatic heterocycles. The van der Waals surface area contributed by atoms with Gasteiger partial charge in [-0.1, -0.05) is 0 Å². The highest BCUT2D eigenvalue weighted by Gasteiger charge is 2.13. The lowest BCUT2D eigenvalue weighted by Gasteiger charge is -2.11. The van der Waals surface area contributed by atoms with Gasteiger partial charge in [0.15, 0.2) is 5.82 Å². The molecule has 1 heterocycles. The molecule has 6 nitrogen and oxygen atoms in total. The number of aromatic nitrogens is 1. The van der Waals surface area contributed by atoms with Gasteiger partial charge >= 0.3 is 5.97 Å². The van der Waals surface area contributed by atoms with Crippen LogP contribution in [0.1, 0.15) is 17.3 Å². The summed E-state index contributed by atoms with van der Waals surface area (Å²) in [4.78, 5) is 18.5. The smallest absolute Gasteiger partial charge is 0.338 e. The van der Waals surface area contributed by atoms with E-state index in [1.807, 2.05) is 43.3 Å². The summed E-state index contributed by atoms with van der Waals surface area (Å²) < 4.78 is 20.5. The molecular weight excluding hydrogens is 427 g/mol. The van der Waals surface area contributed by atoms with E-state index in [1.54, 1.807) is 37.3 Å². The Labute approximate surface area is 189 Å². The Kier molecular flexibility index (Phi) is 6.23. The van der Waals surface area contributed by atoms with E-state index in [4.69, 9.17) is 4.74 Å². The van der Waals surface area contributed by atoms with Gasteiger partial charge < -0.3 is 9.64 Å². The van der Waals surface area contributed by atoms with Crippen LogP contribution in [0.2, 0.25) is 0 Å². The minimum absolute atomic E-state index is 0.149. The van der Waals surface area contributed by atoms with Gasteiger partial charge in [-0.05, 0) is 67.6 Å². The van der Waals surface area contributed by atoms with E-state index < -0.39 is 5.82 Å². The second-order valence-electron chi connectivity index (χ2n) is 7.20. The minimum atomic E-state index is -0.484. The third-order valence-corrected chi connectivity index (χ3v) is 5.80. The Bertz CT molecular complexity index is 1300. The van der Waals surface area contributed by atoms with Gasteiger partial charge in [0, 0.05) is 25.3 Å². The first-order chi connectivity index (χ1) is 15.4. The van der Waals surface area contributed by atoms with Crippen molar-refractivity contribution >= 4 is 44.6 Å². The number of carbonyl (C=O) groups is 1. The molecule has 0 saturated carbocycles. The number of nitrogens with zero attached hydrogens (tertiary/aromatic N) is 4. The Balaban J connectivity index is 1.56. The van der Waals surface area contributed by atoms with Crippen LogP contribution in [0.15, 0.2) is 70.9 Å². The van der Waals surface area contributed by atoms with E-state index in [-0.39, 0.29) is 11.7 Å². The summed E-state index contributed by atoms with van der Waals surface area (Å²) in [5, 5.41) is 8.83. The molecule has 0 aliphatic rings. The van der Waals surface area contributed by atoms with Gasteiger partial charge in [-0.25, -0.2) is 14.2 Å². The van der Waals surface area contributed by atoms with Crippen molar-refractivity contribution in [3.63, 3.8) is 0 Å². The Hall–Kier alpha value is -3.65. The van der Waals surface area contributed by atoms with Crippen LogP contribution < -0.4 is 4.90 Å². The maximum absolute atomic E-state index is 14.7. The van der Waals surface area contributed by atoms with E-state index >= 15 is 0 Å². The van der Waals surface area contributed by atoms with E-state index in [0.717, 1.165) is 15.9 Å². The van der Waals surface area contributed by atoms with Gasteiger partial charge in [-0.15, -0.1) is 16.5 Å². The number of benzene rings is 3. The zero-order chi connectivity index (χ0) is 22.7. The fourth-order valence-electron chi connectivity index (χ4n) is 3.04. The average molecular weight is 449 g/mol. The van der Waals surface area contributed by atoms with E-state index in [0.29, 0.717) is 28.4 Å². The minimum Gasteiger partial charge on any atom is -0.462 e. The van der Waals surface area contributed by atoms with E-state index in [9.17, 15) is 9.18 Å². The molecule has 4 aromatic rings. The maximum atomic E-state index is 14.7. The van der Waals surface area contributed by atoms with Crippen molar-refractivity contribution < 1.29 is 13.9 Å². The zero-order valence-corrected chi connectivity index (χ0v) is 18.7. The first-order valence-electron chi connectivity index (χ1n) is 10.0. The molecule has 162 valence electrons. The standard InChI is InChI=1S/C24H21FN4O2S/c1-4-31-24(30)16-6-12-21-22(14-16)32-23(26-21)15-5-11-20(19(25)13-15)28-27-17-7-9-18(10-8-17)29(2)3/h5-14H,4H2,1-3H3. The number of hydrogen-bond acceptors (Lipinski definition) is 7. The number of rotatable bonds is 6. The van der Waals surface area contributed by atoms with Crippen molar-refractivity contribution in [1.82, 2.24) is 4.98 Å². The molecule has 0 saturated heterocycles. The predicted molar refractivity (Wildman–Crippen MR) is 126 cm³/mol. The van der Waals surface area contributed by atoms with Crippen molar-refractivity contribution in [2.75, 3.05) is 25.6 Å².